The Balaban J connectivity index is 1.26. The summed E-state index contributed by atoms with van der Waals surface area (Å²) in [6.45, 7) is 0. The first kappa shape index (κ1) is 18.2. The Labute approximate surface area is 175 Å². The van der Waals surface area contributed by atoms with E-state index in [-0.39, 0.29) is 5.91 Å². The van der Waals surface area contributed by atoms with E-state index in [1.165, 1.54) is 39.0 Å². The molecule has 0 fully saturated rings. The van der Waals surface area contributed by atoms with Crippen molar-refractivity contribution in [2.75, 3.05) is 0 Å². The molecule has 9 heteroatoms. The number of amides is 2. The van der Waals surface area contributed by atoms with Crippen LogP contribution in [0.15, 0.2) is 60.9 Å². The summed E-state index contributed by atoms with van der Waals surface area (Å²) in [5.74, 6) is -0.733. The summed E-state index contributed by atoms with van der Waals surface area (Å²) in [6, 6.07) is 16.9. The van der Waals surface area contributed by atoms with Gasteiger partial charge in [0.1, 0.15) is 6.33 Å². The van der Waals surface area contributed by atoms with Crippen molar-refractivity contribution in [2.24, 2.45) is 0 Å². The summed E-state index contributed by atoms with van der Waals surface area (Å²) in [4.78, 5) is 26.7. The lowest BCUT2D eigenvalue weighted by molar-refractivity contribution is 0.0849. The Morgan fingerprint density at radius 3 is 2.50 bits per heavy atom. The molecular formula is C21H16N6O2S. The number of nitrogens with zero attached hydrogens (tertiary/aromatic N) is 4. The predicted molar refractivity (Wildman–Crippen MR) is 111 cm³/mol. The van der Waals surface area contributed by atoms with Crippen molar-refractivity contribution >= 4 is 23.2 Å². The molecule has 2 aromatic heterocycles. The third-order valence-corrected chi connectivity index (χ3v) is 6.20. The van der Waals surface area contributed by atoms with Crippen LogP contribution >= 0.6 is 11.3 Å². The molecule has 0 spiro atoms. The molecule has 1 aliphatic rings. The van der Waals surface area contributed by atoms with E-state index in [1.54, 1.807) is 24.3 Å². The minimum Gasteiger partial charge on any atom is -0.267 e. The number of hydrazine groups is 1. The minimum absolute atomic E-state index is 0.328. The van der Waals surface area contributed by atoms with Crippen LogP contribution in [-0.4, -0.2) is 32.0 Å². The quantitative estimate of drug-likeness (QED) is 0.500. The highest BCUT2D eigenvalue weighted by molar-refractivity contribution is 7.17. The van der Waals surface area contributed by atoms with Gasteiger partial charge in [-0.3, -0.25) is 20.4 Å². The van der Waals surface area contributed by atoms with E-state index in [0.29, 0.717) is 10.4 Å². The Kier molecular flexibility index (Phi) is 4.56. The highest BCUT2D eigenvalue weighted by Crippen LogP contribution is 2.39. The molecule has 0 radical (unpaired) electrons. The van der Waals surface area contributed by atoms with Crippen molar-refractivity contribution in [3.63, 3.8) is 0 Å². The average Bonchev–Trinajstić information content (AvgIpc) is 3.47. The van der Waals surface area contributed by atoms with Crippen LogP contribution in [0.2, 0.25) is 0 Å². The van der Waals surface area contributed by atoms with E-state index in [4.69, 9.17) is 0 Å². The number of tetrazole rings is 1. The van der Waals surface area contributed by atoms with Crippen molar-refractivity contribution in [3.8, 4) is 16.1 Å². The number of aryl methyl sites for hydroxylation is 2. The van der Waals surface area contributed by atoms with Gasteiger partial charge in [-0.15, -0.1) is 16.4 Å². The van der Waals surface area contributed by atoms with Crippen LogP contribution < -0.4 is 10.9 Å². The van der Waals surface area contributed by atoms with Crippen molar-refractivity contribution in [1.29, 1.82) is 0 Å². The number of benzene rings is 2. The molecule has 0 saturated heterocycles. The third-order valence-electron chi connectivity index (χ3n) is 4.99. The SMILES string of the molecule is O=C(NNC(=O)c1cc2c(s1)-c1ccccc1CC2)c1ccc(-n2cnnn2)cc1. The number of fused-ring (bicyclic) bond motifs is 3. The van der Waals surface area contributed by atoms with Gasteiger partial charge in [-0.1, -0.05) is 24.3 Å². The van der Waals surface area contributed by atoms with Crippen LogP contribution in [0.5, 0.6) is 0 Å². The number of nitrogens with one attached hydrogen (secondary N) is 2. The zero-order valence-electron chi connectivity index (χ0n) is 15.7. The maximum absolute atomic E-state index is 12.6. The summed E-state index contributed by atoms with van der Waals surface area (Å²) >= 11 is 1.45. The lowest BCUT2D eigenvalue weighted by Gasteiger charge is -2.15. The third kappa shape index (κ3) is 3.35. The van der Waals surface area contributed by atoms with E-state index >= 15 is 0 Å². The number of hydrogen-bond acceptors (Lipinski definition) is 6. The van der Waals surface area contributed by atoms with Gasteiger partial charge >= 0.3 is 0 Å². The van der Waals surface area contributed by atoms with Crippen LogP contribution in [0, 0.1) is 0 Å². The van der Waals surface area contributed by atoms with E-state index in [1.807, 2.05) is 18.2 Å². The molecule has 30 heavy (non-hydrogen) atoms. The molecule has 0 unspecified atom stereocenters. The molecule has 1 aliphatic carbocycles. The zero-order valence-corrected chi connectivity index (χ0v) is 16.5. The standard InChI is InChI=1S/C21H16N6O2S/c28-20(14-7-9-16(10-8-14)27-12-22-25-26-27)23-24-21(29)18-11-15-6-5-13-3-1-2-4-17(13)19(15)30-18/h1-4,7-12H,5-6H2,(H,23,28)(H,24,29). The monoisotopic (exact) mass is 416 g/mol. The fourth-order valence-electron chi connectivity index (χ4n) is 3.48. The highest BCUT2D eigenvalue weighted by Gasteiger charge is 2.21. The minimum atomic E-state index is -0.404. The van der Waals surface area contributed by atoms with Crippen molar-refractivity contribution in [2.45, 2.75) is 12.8 Å². The predicted octanol–water partition coefficient (Wildman–Crippen LogP) is 2.56. The largest absolute Gasteiger partial charge is 0.279 e. The van der Waals surface area contributed by atoms with Gasteiger partial charge in [0.05, 0.1) is 10.6 Å². The molecular weight excluding hydrogens is 400 g/mol. The van der Waals surface area contributed by atoms with Gasteiger partial charge in [0.2, 0.25) is 0 Å². The Morgan fingerprint density at radius 2 is 1.70 bits per heavy atom. The van der Waals surface area contributed by atoms with Crippen LogP contribution in [0.3, 0.4) is 0 Å². The first-order valence-electron chi connectivity index (χ1n) is 9.34. The fourth-order valence-corrected chi connectivity index (χ4v) is 4.64. The number of carbonyl (C=O) groups excluding carboxylic acids is 2. The van der Waals surface area contributed by atoms with Gasteiger partial charge in [0.15, 0.2) is 0 Å². The van der Waals surface area contributed by atoms with Crippen LogP contribution in [-0.2, 0) is 12.8 Å². The molecule has 5 rings (SSSR count). The second-order valence-corrected chi connectivity index (χ2v) is 7.88. The van der Waals surface area contributed by atoms with Gasteiger partial charge in [-0.2, -0.15) is 0 Å². The first-order chi connectivity index (χ1) is 14.7. The molecule has 0 bridgehead atoms. The van der Waals surface area contributed by atoms with Crippen LogP contribution in [0.25, 0.3) is 16.1 Å². The molecule has 4 aromatic rings. The van der Waals surface area contributed by atoms with E-state index < -0.39 is 5.91 Å². The summed E-state index contributed by atoms with van der Waals surface area (Å²) in [5, 5.41) is 10.9. The van der Waals surface area contributed by atoms with Crippen molar-refractivity contribution in [1.82, 2.24) is 31.1 Å². The topological polar surface area (TPSA) is 102 Å². The number of hydrogen-bond donors (Lipinski definition) is 2. The number of aromatic nitrogens is 4. The van der Waals surface area contributed by atoms with Gasteiger partial charge in [0.25, 0.3) is 11.8 Å². The number of thiophene rings is 1. The molecule has 0 saturated carbocycles. The van der Waals surface area contributed by atoms with Gasteiger partial charge in [-0.05, 0) is 70.3 Å². The summed E-state index contributed by atoms with van der Waals surface area (Å²) < 4.78 is 1.49. The molecule has 148 valence electrons. The molecule has 2 aromatic carbocycles. The molecule has 8 nitrogen and oxygen atoms in total. The molecule has 2 heterocycles. The second kappa shape index (κ2) is 7.53. The van der Waals surface area contributed by atoms with Crippen LogP contribution in [0.1, 0.15) is 31.2 Å². The maximum Gasteiger partial charge on any atom is 0.279 e. The summed E-state index contributed by atoms with van der Waals surface area (Å²) in [6.07, 6.45) is 3.35. The maximum atomic E-state index is 12.6. The van der Waals surface area contributed by atoms with Crippen molar-refractivity contribution < 1.29 is 9.59 Å². The van der Waals surface area contributed by atoms with E-state index in [0.717, 1.165) is 23.4 Å². The van der Waals surface area contributed by atoms with Gasteiger partial charge < -0.3 is 0 Å². The zero-order chi connectivity index (χ0) is 20.5. The summed E-state index contributed by atoms with van der Waals surface area (Å²) in [7, 11) is 0. The molecule has 0 aliphatic heterocycles. The Hall–Kier alpha value is -3.85. The van der Waals surface area contributed by atoms with Crippen molar-refractivity contribution in [3.05, 3.63) is 82.5 Å². The smallest absolute Gasteiger partial charge is 0.267 e. The van der Waals surface area contributed by atoms with E-state index in [2.05, 4.69) is 38.5 Å². The van der Waals surface area contributed by atoms with Gasteiger partial charge in [0, 0.05) is 10.4 Å². The van der Waals surface area contributed by atoms with Crippen LogP contribution in [0.4, 0.5) is 0 Å². The number of carbonyl (C=O) groups is 2. The Bertz CT molecular complexity index is 1230. The Morgan fingerprint density at radius 1 is 0.933 bits per heavy atom. The second-order valence-electron chi connectivity index (χ2n) is 6.83. The number of rotatable bonds is 3. The molecule has 2 N–H and O–H groups in total. The normalized spacial score (nSPS) is 12.0. The average molecular weight is 416 g/mol. The summed E-state index contributed by atoms with van der Waals surface area (Å²) in [5.41, 5.74) is 9.78. The van der Waals surface area contributed by atoms with E-state index in [9.17, 15) is 9.59 Å². The molecule has 0 atom stereocenters. The lowest BCUT2D eigenvalue weighted by Crippen LogP contribution is -2.41. The highest BCUT2D eigenvalue weighted by atomic mass is 32.1. The fraction of sp³-hybridized carbons (Fsp3) is 0.0952. The lowest BCUT2D eigenvalue weighted by atomic mass is 9.91. The first-order valence-corrected chi connectivity index (χ1v) is 10.2. The molecule has 2 amide bonds. The van der Waals surface area contributed by atoms with Gasteiger partial charge in [-0.25, -0.2) is 4.68 Å².